The predicted molar refractivity (Wildman–Crippen MR) is 56.9 cm³/mol. The zero-order chi connectivity index (χ0) is 12.3. The van der Waals surface area contributed by atoms with Crippen molar-refractivity contribution < 1.29 is 18.3 Å². The number of ether oxygens (including phenoxy) is 1. The molecule has 1 rings (SSSR count). The highest BCUT2D eigenvalue weighted by molar-refractivity contribution is 6.00. The third kappa shape index (κ3) is 3.29. The summed E-state index contributed by atoms with van der Waals surface area (Å²) in [5.74, 6) is -0.0997. The molecule has 1 aromatic carbocycles. The predicted octanol–water partition coefficient (Wildman–Crippen LogP) is 3.52. The standard InChI is InChI=1S/C12H14F2O2/c1-12(2,3)10(15)8-5-4-6-9(7-8)16-11(13)14/h4-7,11H,1-3H3. The number of alkyl halides is 2. The second-order valence-corrected chi connectivity index (χ2v) is 4.49. The minimum atomic E-state index is -2.88. The third-order valence-corrected chi connectivity index (χ3v) is 2.00. The van der Waals surface area contributed by atoms with Crippen LogP contribution in [0, 0.1) is 5.41 Å². The Morgan fingerprint density at radius 1 is 1.31 bits per heavy atom. The molecule has 0 bridgehead atoms. The number of carbonyl (C=O) groups is 1. The fourth-order valence-corrected chi connectivity index (χ4v) is 1.25. The van der Waals surface area contributed by atoms with Gasteiger partial charge in [0, 0.05) is 11.0 Å². The second kappa shape index (κ2) is 4.60. The Morgan fingerprint density at radius 2 is 1.94 bits per heavy atom. The number of halogens is 2. The summed E-state index contributed by atoms with van der Waals surface area (Å²) in [6.45, 7) is 2.45. The van der Waals surface area contributed by atoms with E-state index < -0.39 is 12.0 Å². The molecule has 0 amide bonds. The van der Waals surface area contributed by atoms with E-state index in [1.165, 1.54) is 18.2 Å². The molecule has 16 heavy (non-hydrogen) atoms. The molecule has 0 aromatic heterocycles. The van der Waals surface area contributed by atoms with Gasteiger partial charge in [0.25, 0.3) is 0 Å². The van der Waals surface area contributed by atoms with Gasteiger partial charge in [0.1, 0.15) is 5.75 Å². The van der Waals surface area contributed by atoms with Crippen molar-refractivity contribution in [3.8, 4) is 5.75 Å². The fourth-order valence-electron chi connectivity index (χ4n) is 1.25. The molecule has 0 N–H and O–H groups in total. The summed E-state index contributed by atoms with van der Waals surface area (Å²) in [5.41, 5.74) is -0.158. The summed E-state index contributed by atoms with van der Waals surface area (Å²) in [5, 5.41) is 0. The molecule has 0 aliphatic heterocycles. The topological polar surface area (TPSA) is 26.3 Å². The first-order valence-corrected chi connectivity index (χ1v) is 4.90. The van der Waals surface area contributed by atoms with Gasteiger partial charge in [-0.3, -0.25) is 4.79 Å². The van der Waals surface area contributed by atoms with Gasteiger partial charge in [0.15, 0.2) is 5.78 Å². The number of Topliss-reactive ketones (excluding diaryl/α,β-unsaturated/α-hetero) is 1. The summed E-state index contributed by atoms with van der Waals surface area (Å²) in [6.07, 6.45) is 0. The fraction of sp³-hybridized carbons (Fsp3) is 0.417. The van der Waals surface area contributed by atoms with Gasteiger partial charge >= 0.3 is 6.61 Å². The Morgan fingerprint density at radius 3 is 2.44 bits per heavy atom. The quantitative estimate of drug-likeness (QED) is 0.740. The van der Waals surface area contributed by atoms with Crippen LogP contribution in [0.4, 0.5) is 8.78 Å². The Balaban J connectivity index is 2.95. The van der Waals surface area contributed by atoms with E-state index in [1.54, 1.807) is 26.8 Å². The molecule has 0 heterocycles. The third-order valence-electron chi connectivity index (χ3n) is 2.00. The molecule has 0 unspecified atom stereocenters. The highest BCUT2D eigenvalue weighted by Gasteiger charge is 2.23. The van der Waals surface area contributed by atoms with Gasteiger partial charge in [0.2, 0.25) is 0 Å². The highest BCUT2D eigenvalue weighted by Crippen LogP contribution is 2.23. The van der Waals surface area contributed by atoms with Gasteiger partial charge in [-0.15, -0.1) is 0 Å². The SMILES string of the molecule is CC(C)(C)C(=O)c1cccc(OC(F)F)c1. The van der Waals surface area contributed by atoms with Crippen molar-refractivity contribution >= 4 is 5.78 Å². The highest BCUT2D eigenvalue weighted by atomic mass is 19.3. The van der Waals surface area contributed by atoms with E-state index in [-0.39, 0.29) is 11.5 Å². The number of ketones is 1. The van der Waals surface area contributed by atoms with Crippen LogP contribution in [-0.4, -0.2) is 12.4 Å². The summed E-state index contributed by atoms with van der Waals surface area (Å²) < 4.78 is 28.2. The van der Waals surface area contributed by atoms with Crippen LogP contribution in [0.3, 0.4) is 0 Å². The van der Waals surface area contributed by atoms with Crippen LogP contribution < -0.4 is 4.74 Å². The average molecular weight is 228 g/mol. The molecule has 0 aliphatic carbocycles. The Hall–Kier alpha value is -1.45. The van der Waals surface area contributed by atoms with Gasteiger partial charge in [-0.1, -0.05) is 32.9 Å². The van der Waals surface area contributed by atoms with Crippen molar-refractivity contribution in [1.29, 1.82) is 0 Å². The van der Waals surface area contributed by atoms with E-state index in [4.69, 9.17) is 0 Å². The van der Waals surface area contributed by atoms with Crippen LogP contribution in [0.15, 0.2) is 24.3 Å². The molecule has 2 nitrogen and oxygen atoms in total. The Bertz CT molecular complexity index is 381. The maximum absolute atomic E-state index is 12.0. The number of hydrogen-bond donors (Lipinski definition) is 0. The minimum absolute atomic E-state index is 0.00472. The van der Waals surface area contributed by atoms with Crippen molar-refractivity contribution in [2.75, 3.05) is 0 Å². The molecule has 0 spiro atoms. The van der Waals surface area contributed by atoms with Gasteiger partial charge in [-0.2, -0.15) is 8.78 Å². The molecule has 1 aromatic rings. The van der Waals surface area contributed by atoms with E-state index in [1.807, 2.05) is 0 Å². The summed E-state index contributed by atoms with van der Waals surface area (Å²) in [6, 6.07) is 5.84. The largest absolute Gasteiger partial charge is 0.435 e. The van der Waals surface area contributed by atoms with Crippen LogP contribution in [0.1, 0.15) is 31.1 Å². The van der Waals surface area contributed by atoms with E-state index in [0.717, 1.165) is 0 Å². The Labute approximate surface area is 93.2 Å². The molecule has 0 radical (unpaired) electrons. The molecule has 88 valence electrons. The molecule has 0 fully saturated rings. The van der Waals surface area contributed by atoms with Crippen molar-refractivity contribution in [3.63, 3.8) is 0 Å². The lowest BCUT2D eigenvalue weighted by molar-refractivity contribution is -0.0498. The Kier molecular flexibility index (Phi) is 3.62. The maximum atomic E-state index is 12.0. The molecule has 4 heteroatoms. The first-order valence-electron chi connectivity index (χ1n) is 4.90. The zero-order valence-corrected chi connectivity index (χ0v) is 9.46. The first-order chi connectivity index (χ1) is 7.30. The molecule has 0 saturated heterocycles. The molecule has 0 saturated carbocycles. The number of carbonyl (C=O) groups excluding carboxylic acids is 1. The smallest absolute Gasteiger partial charge is 0.387 e. The van der Waals surface area contributed by atoms with E-state index in [9.17, 15) is 13.6 Å². The van der Waals surface area contributed by atoms with Crippen LogP contribution in [0.5, 0.6) is 5.75 Å². The van der Waals surface area contributed by atoms with E-state index in [0.29, 0.717) is 5.56 Å². The second-order valence-electron chi connectivity index (χ2n) is 4.49. The normalized spacial score (nSPS) is 11.6. The van der Waals surface area contributed by atoms with Crippen molar-refractivity contribution in [1.82, 2.24) is 0 Å². The van der Waals surface area contributed by atoms with Crippen molar-refractivity contribution in [2.45, 2.75) is 27.4 Å². The van der Waals surface area contributed by atoms with Crippen LogP contribution in [0.25, 0.3) is 0 Å². The number of hydrogen-bond acceptors (Lipinski definition) is 2. The average Bonchev–Trinajstić information content (AvgIpc) is 2.14. The summed E-state index contributed by atoms with van der Waals surface area (Å²) in [4.78, 5) is 11.9. The van der Waals surface area contributed by atoms with Gasteiger partial charge in [-0.25, -0.2) is 0 Å². The van der Waals surface area contributed by atoms with Gasteiger partial charge < -0.3 is 4.74 Å². The van der Waals surface area contributed by atoms with E-state index >= 15 is 0 Å². The van der Waals surface area contributed by atoms with Crippen LogP contribution >= 0.6 is 0 Å². The van der Waals surface area contributed by atoms with Crippen molar-refractivity contribution in [2.24, 2.45) is 5.41 Å². The maximum Gasteiger partial charge on any atom is 0.387 e. The van der Waals surface area contributed by atoms with Crippen molar-refractivity contribution in [3.05, 3.63) is 29.8 Å². The summed E-state index contributed by atoms with van der Waals surface area (Å²) in [7, 11) is 0. The van der Waals surface area contributed by atoms with Gasteiger partial charge in [-0.05, 0) is 12.1 Å². The lowest BCUT2D eigenvalue weighted by Crippen LogP contribution is -2.20. The molecule has 0 atom stereocenters. The molecular weight excluding hydrogens is 214 g/mol. The minimum Gasteiger partial charge on any atom is -0.435 e. The molecule has 0 aliphatic rings. The summed E-state index contributed by atoms with van der Waals surface area (Å²) >= 11 is 0. The van der Waals surface area contributed by atoms with Crippen LogP contribution in [-0.2, 0) is 0 Å². The monoisotopic (exact) mass is 228 g/mol. The lowest BCUT2D eigenvalue weighted by Gasteiger charge is -2.17. The number of benzene rings is 1. The molecular formula is C12H14F2O2. The number of rotatable bonds is 3. The lowest BCUT2D eigenvalue weighted by atomic mass is 9.86. The van der Waals surface area contributed by atoms with E-state index in [2.05, 4.69) is 4.74 Å². The van der Waals surface area contributed by atoms with Gasteiger partial charge in [0.05, 0.1) is 0 Å². The first kappa shape index (κ1) is 12.6. The van der Waals surface area contributed by atoms with Crippen LogP contribution in [0.2, 0.25) is 0 Å². The zero-order valence-electron chi connectivity index (χ0n) is 9.46.